The van der Waals surface area contributed by atoms with E-state index in [1.807, 2.05) is 0 Å². The van der Waals surface area contributed by atoms with E-state index in [2.05, 4.69) is 0 Å². The van der Waals surface area contributed by atoms with Crippen molar-refractivity contribution in [1.82, 2.24) is 0 Å². The summed E-state index contributed by atoms with van der Waals surface area (Å²) in [6, 6.07) is 0.734. The fraction of sp³-hybridized carbons (Fsp3) is 0.333. The maximum Gasteiger partial charge on any atom is 0.414 e. The summed E-state index contributed by atoms with van der Waals surface area (Å²) in [6.07, 6.45) is 0.840. The van der Waals surface area contributed by atoms with Crippen LogP contribution in [0.3, 0.4) is 0 Å². The molecular weight excluding hydrogens is 327 g/mol. The summed E-state index contributed by atoms with van der Waals surface area (Å²) >= 11 is 0. The number of nitrogens with two attached hydrogens (primary N) is 1. The molecular formula is C15H14F3N3O3. The third-order valence-electron chi connectivity index (χ3n) is 3.87. The molecule has 6 nitrogen and oxygen atoms in total. The molecule has 0 spiro atoms. The zero-order chi connectivity index (χ0) is 17.4. The number of halogens is 3. The largest absolute Gasteiger partial charge is 0.443 e. The fourth-order valence-corrected chi connectivity index (χ4v) is 2.62. The molecule has 1 saturated heterocycles. The molecule has 2 N–H and O–H groups in total. The van der Waals surface area contributed by atoms with Crippen molar-refractivity contribution in [2.24, 2.45) is 5.73 Å². The zero-order valence-corrected chi connectivity index (χ0v) is 12.5. The highest BCUT2D eigenvalue weighted by Gasteiger charge is 2.35. The van der Waals surface area contributed by atoms with Gasteiger partial charge in [-0.2, -0.15) is 0 Å². The summed E-state index contributed by atoms with van der Waals surface area (Å²) in [6.45, 7) is -0.0505. The number of hydrogen-bond donors (Lipinski definition) is 1. The summed E-state index contributed by atoms with van der Waals surface area (Å²) in [4.78, 5) is 24.8. The second-order valence-corrected chi connectivity index (χ2v) is 5.43. The van der Waals surface area contributed by atoms with Crippen molar-refractivity contribution in [3.05, 3.63) is 35.8 Å². The molecule has 0 bridgehead atoms. The molecule has 128 valence electrons. The number of ketones is 1. The number of amides is 1. The van der Waals surface area contributed by atoms with E-state index in [0.717, 1.165) is 21.9 Å². The number of carbonyl (C=O) groups is 2. The monoisotopic (exact) mass is 341 g/mol. The average Bonchev–Trinajstić information content (AvgIpc) is 2.93. The van der Waals surface area contributed by atoms with Crippen LogP contribution in [0.25, 0.3) is 0 Å². The number of anilines is 2. The maximum atomic E-state index is 14.4. The molecule has 9 heteroatoms. The summed E-state index contributed by atoms with van der Waals surface area (Å²) in [5.74, 6) is -4.04. The number of benzene rings is 1. The molecule has 1 atom stereocenters. The van der Waals surface area contributed by atoms with Gasteiger partial charge in [0, 0.05) is 31.8 Å². The highest BCUT2D eigenvalue weighted by atomic mass is 19.2. The number of nitrogens with zero attached hydrogens (tertiary/aromatic N) is 2. The second kappa shape index (κ2) is 6.16. The predicted molar refractivity (Wildman–Crippen MR) is 79.1 cm³/mol. The van der Waals surface area contributed by atoms with E-state index < -0.39 is 41.0 Å². The lowest BCUT2D eigenvalue weighted by Crippen LogP contribution is -2.30. The first-order valence-corrected chi connectivity index (χ1v) is 7.25. The Labute approximate surface area is 135 Å². The van der Waals surface area contributed by atoms with Gasteiger partial charge in [-0.25, -0.2) is 18.0 Å². The molecule has 2 heterocycles. The quantitative estimate of drug-likeness (QED) is 0.847. The molecule has 0 aliphatic carbocycles. The minimum Gasteiger partial charge on any atom is -0.443 e. The van der Waals surface area contributed by atoms with Crippen molar-refractivity contribution in [3.63, 3.8) is 0 Å². The topological polar surface area (TPSA) is 75.9 Å². The summed E-state index contributed by atoms with van der Waals surface area (Å²) in [5, 5.41) is 0. The number of rotatable bonds is 3. The Balaban J connectivity index is 1.99. The van der Waals surface area contributed by atoms with Gasteiger partial charge in [-0.1, -0.05) is 0 Å². The van der Waals surface area contributed by atoms with Crippen LogP contribution in [0.1, 0.15) is 6.42 Å². The molecule has 1 fully saturated rings. The van der Waals surface area contributed by atoms with E-state index >= 15 is 0 Å². The lowest BCUT2D eigenvalue weighted by Gasteiger charge is -2.25. The molecule has 1 amide bonds. The lowest BCUT2D eigenvalue weighted by atomic mass is 10.1. The van der Waals surface area contributed by atoms with Crippen LogP contribution in [0.4, 0.5) is 29.3 Å². The van der Waals surface area contributed by atoms with Gasteiger partial charge in [-0.3, -0.25) is 9.69 Å². The van der Waals surface area contributed by atoms with Crippen LogP contribution in [0.5, 0.6) is 0 Å². The maximum absolute atomic E-state index is 14.4. The van der Waals surface area contributed by atoms with Crippen LogP contribution in [0.2, 0.25) is 0 Å². The van der Waals surface area contributed by atoms with E-state index in [9.17, 15) is 22.8 Å². The average molecular weight is 341 g/mol. The SMILES string of the molecule is NC[C@H]1CN(c2cc(F)c(N3C=CC(=O)CC3)c(F)c2F)C(=O)O1. The molecule has 2 aliphatic rings. The Hall–Kier alpha value is -2.55. The number of cyclic esters (lactones) is 1. The molecule has 0 unspecified atom stereocenters. The Morgan fingerprint density at radius 3 is 2.58 bits per heavy atom. The lowest BCUT2D eigenvalue weighted by molar-refractivity contribution is -0.114. The molecule has 3 rings (SSSR count). The minimum absolute atomic E-state index is 0.0134. The van der Waals surface area contributed by atoms with Gasteiger partial charge in [0.1, 0.15) is 11.8 Å². The number of carbonyl (C=O) groups excluding carboxylic acids is 2. The Bertz CT molecular complexity index is 738. The Kier molecular flexibility index (Phi) is 4.18. The number of allylic oxidation sites excluding steroid dienone is 1. The summed E-state index contributed by atoms with van der Waals surface area (Å²) in [5.41, 5.74) is 4.22. The first-order valence-electron chi connectivity index (χ1n) is 7.25. The number of ether oxygens (including phenoxy) is 1. The van der Waals surface area contributed by atoms with Gasteiger partial charge in [0.05, 0.1) is 12.2 Å². The normalized spacial score (nSPS) is 20.8. The molecule has 0 aromatic heterocycles. The standard InChI is InChI=1S/C15H14F3N3O3/c16-10-5-11(21-7-9(6-19)24-15(21)23)12(17)13(18)14(10)20-3-1-8(22)2-4-20/h1,3,5,9H,2,4,6-7,19H2/t9-/m0/s1. The van der Waals surface area contributed by atoms with E-state index in [1.165, 1.54) is 6.20 Å². The molecule has 2 aliphatic heterocycles. The highest BCUT2D eigenvalue weighted by Crippen LogP contribution is 2.35. The molecule has 1 aromatic rings. The minimum atomic E-state index is -1.44. The third-order valence-corrected chi connectivity index (χ3v) is 3.87. The number of hydrogen-bond acceptors (Lipinski definition) is 5. The van der Waals surface area contributed by atoms with Gasteiger partial charge < -0.3 is 15.4 Å². The van der Waals surface area contributed by atoms with Crippen LogP contribution in [0, 0.1) is 17.5 Å². The van der Waals surface area contributed by atoms with Crippen molar-refractivity contribution in [3.8, 4) is 0 Å². The van der Waals surface area contributed by atoms with E-state index in [-0.39, 0.29) is 31.8 Å². The van der Waals surface area contributed by atoms with E-state index in [1.54, 1.807) is 0 Å². The molecule has 0 radical (unpaired) electrons. The van der Waals surface area contributed by atoms with Gasteiger partial charge >= 0.3 is 6.09 Å². The Morgan fingerprint density at radius 1 is 1.25 bits per heavy atom. The first kappa shape index (κ1) is 16.3. The summed E-state index contributed by atoms with van der Waals surface area (Å²) in [7, 11) is 0. The van der Waals surface area contributed by atoms with Crippen molar-refractivity contribution < 1.29 is 27.5 Å². The first-order chi connectivity index (χ1) is 11.4. The van der Waals surface area contributed by atoms with Crippen molar-refractivity contribution in [2.75, 3.05) is 29.4 Å². The van der Waals surface area contributed by atoms with E-state index in [0.29, 0.717) is 0 Å². The summed E-state index contributed by atoms with van der Waals surface area (Å²) < 4.78 is 48.0. The van der Waals surface area contributed by atoms with Gasteiger partial charge in [0.15, 0.2) is 23.2 Å². The van der Waals surface area contributed by atoms with Crippen molar-refractivity contribution in [1.29, 1.82) is 0 Å². The van der Waals surface area contributed by atoms with Crippen LogP contribution in [-0.4, -0.2) is 37.6 Å². The van der Waals surface area contributed by atoms with Crippen LogP contribution in [-0.2, 0) is 9.53 Å². The van der Waals surface area contributed by atoms with Gasteiger partial charge in [0.25, 0.3) is 0 Å². The van der Waals surface area contributed by atoms with E-state index in [4.69, 9.17) is 10.5 Å². The van der Waals surface area contributed by atoms with Crippen LogP contribution >= 0.6 is 0 Å². The van der Waals surface area contributed by atoms with Gasteiger partial charge in [0.2, 0.25) is 0 Å². The third kappa shape index (κ3) is 2.71. The molecule has 24 heavy (non-hydrogen) atoms. The fourth-order valence-electron chi connectivity index (χ4n) is 2.62. The zero-order valence-electron chi connectivity index (χ0n) is 12.5. The highest BCUT2D eigenvalue weighted by molar-refractivity contribution is 5.92. The van der Waals surface area contributed by atoms with Gasteiger partial charge in [-0.05, 0) is 6.08 Å². The van der Waals surface area contributed by atoms with Crippen LogP contribution < -0.4 is 15.5 Å². The molecule has 0 saturated carbocycles. The second-order valence-electron chi connectivity index (χ2n) is 5.43. The van der Waals surface area contributed by atoms with Gasteiger partial charge in [-0.15, -0.1) is 0 Å². The smallest absolute Gasteiger partial charge is 0.414 e. The molecule has 1 aromatic carbocycles. The Morgan fingerprint density at radius 2 is 2.00 bits per heavy atom. The van der Waals surface area contributed by atoms with Crippen molar-refractivity contribution in [2.45, 2.75) is 12.5 Å². The van der Waals surface area contributed by atoms with Crippen molar-refractivity contribution >= 4 is 23.3 Å². The van der Waals surface area contributed by atoms with Crippen LogP contribution in [0.15, 0.2) is 18.3 Å². The predicted octanol–water partition coefficient (Wildman–Crippen LogP) is 1.68.